The summed E-state index contributed by atoms with van der Waals surface area (Å²) in [6.07, 6.45) is 0.970. The van der Waals surface area contributed by atoms with E-state index in [9.17, 15) is 17.6 Å². The largest absolute Gasteiger partial charge is 0.324 e. The van der Waals surface area contributed by atoms with Crippen molar-refractivity contribution in [2.24, 2.45) is 0 Å². The molecule has 2 unspecified atom stereocenters. The van der Waals surface area contributed by atoms with Gasteiger partial charge in [-0.3, -0.25) is 0 Å². The topological polar surface area (TPSA) is 0 Å². The summed E-state index contributed by atoms with van der Waals surface area (Å²) in [5, 5.41) is 0. The lowest BCUT2D eigenvalue weighted by atomic mass is 9.41. The van der Waals surface area contributed by atoms with Gasteiger partial charge in [0.05, 0.1) is 11.3 Å². The van der Waals surface area contributed by atoms with Gasteiger partial charge in [0.2, 0.25) is 0 Å². The highest BCUT2D eigenvalue weighted by molar-refractivity contribution is 5.63. The van der Waals surface area contributed by atoms with E-state index in [4.69, 9.17) is 0 Å². The van der Waals surface area contributed by atoms with Crippen LogP contribution in [0.15, 0.2) is 36.9 Å². The monoisotopic (exact) mass is 228 g/mol. The van der Waals surface area contributed by atoms with E-state index in [-0.39, 0.29) is 5.56 Å². The average molecular weight is 228 g/mol. The number of hydrogen-bond acceptors (Lipinski definition) is 0. The zero-order valence-electron chi connectivity index (χ0n) is 8.18. The molecule has 2 aliphatic carbocycles. The van der Waals surface area contributed by atoms with Crippen LogP contribution in [0.25, 0.3) is 0 Å². The first-order valence-electron chi connectivity index (χ1n) is 4.90. The molecular weight excluding hydrogens is 220 g/mol. The van der Waals surface area contributed by atoms with Gasteiger partial charge >= 0.3 is 11.8 Å². The van der Waals surface area contributed by atoms with Crippen LogP contribution in [0.5, 0.6) is 0 Å². The molecule has 0 spiro atoms. The van der Waals surface area contributed by atoms with Gasteiger partial charge in [0, 0.05) is 0 Å². The predicted octanol–water partition coefficient (Wildman–Crippen LogP) is 3.49. The van der Waals surface area contributed by atoms with Crippen molar-refractivity contribution in [2.45, 2.75) is 23.2 Å². The molecule has 84 valence electrons. The molecule has 0 saturated heterocycles. The predicted molar refractivity (Wildman–Crippen MR) is 51.0 cm³/mol. The SMILES string of the molecule is C=CC12c3ccccc3C1C(F)(F)C2(F)F. The van der Waals surface area contributed by atoms with Crippen molar-refractivity contribution in [2.75, 3.05) is 0 Å². The smallest absolute Gasteiger partial charge is 0.199 e. The second-order valence-corrected chi connectivity index (χ2v) is 4.29. The Morgan fingerprint density at radius 3 is 2.38 bits per heavy atom. The molecule has 0 aromatic heterocycles. The Kier molecular flexibility index (Phi) is 1.44. The van der Waals surface area contributed by atoms with Crippen LogP contribution in [0.4, 0.5) is 17.6 Å². The van der Waals surface area contributed by atoms with Gasteiger partial charge in [0.1, 0.15) is 0 Å². The Morgan fingerprint density at radius 2 is 1.75 bits per heavy atom. The number of alkyl halides is 4. The molecule has 16 heavy (non-hydrogen) atoms. The van der Waals surface area contributed by atoms with Gasteiger partial charge in [0.25, 0.3) is 0 Å². The van der Waals surface area contributed by atoms with Crippen LogP contribution in [-0.4, -0.2) is 11.8 Å². The van der Waals surface area contributed by atoms with Crippen molar-refractivity contribution < 1.29 is 17.6 Å². The van der Waals surface area contributed by atoms with Gasteiger partial charge in [-0.2, -0.15) is 17.6 Å². The lowest BCUT2D eigenvalue weighted by Crippen LogP contribution is -2.78. The van der Waals surface area contributed by atoms with E-state index in [2.05, 4.69) is 6.58 Å². The van der Waals surface area contributed by atoms with Gasteiger partial charge in [-0.05, 0) is 11.1 Å². The molecule has 1 aromatic carbocycles. The maximum absolute atomic E-state index is 13.5. The van der Waals surface area contributed by atoms with Gasteiger partial charge in [0.15, 0.2) is 0 Å². The van der Waals surface area contributed by atoms with E-state index in [1.807, 2.05) is 0 Å². The summed E-state index contributed by atoms with van der Waals surface area (Å²) in [4.78, 5) is 0. The van der Waals surface area contributed by atoms with Crippen molar-refractivity contribution in [1.82, 2.24) is 0 Å². The van der Waals surface area contributed by atoms with Gasteiger partial charge < -0.3 is 0 Å². The van der Waals surface area contributed by atoms with E-state index >= 15 is 0 Å². The minimum atomic E-state index is -4.03. The highest BCUT2D eigenvalue weighted by atomic mass is 19.3. The van der Waals surface area contributed by atoms with E-state index in [0.29, 0.717) is 5.56 Å². The second kappa shape index (κ2) is 2.34. The average Bonchev–Trinajstić information content (AvgIpc) is 2.19. The molecule has 0 heterocycles. The van der Waals surface area contributed by atoms with Gasteiger partial charge in [-0.1, -0.05) is 30.3 Å². The molecule has 1 fully saturated rings. The number of halogens is 4. The minimum Gasteiger partial charge on any atom is -0.199 e. The first kappa shape index (κ1) is 9.87. The maximum atomic E-state index is 13.5. The normalized spacial score (nSPS) is 36.4. The number of benzene rings is 1. The van der Waals surface area contributed by atoms with Crippen molar-refractivity contribution in [1.29, 1.82) is 0 Å². The molecule has 2 aliphatic rings. The molecule has 0 N–H and O–H groups in total. The number of hydrogen-bond donors (Lipinski definition) is 0. The molecule has 0 nitrogen and oxygen atoms in total. The minimum absolute atomic E-state index is 0.283. The van der Waals surface area contributed by atoms with Crippen LogP contribution in [0.3, 0.4) is 0 Å². The zero-order valence-corrected chi connectivity index (χ0v) is 8.18. The van der Waals surface area contributed by atoms with E-state index in [1.165, 1.54) is 12.1 Å². The molecule has 0 bridgehead atoms. The third-order valence-electron chi connectivity index (χ3n) is 3.80. The molecule has 1 saturated carbocycles. The number of allylic oxidation sites excluding steroid dienone is 1. The summed E-state index contributed by atoms with van der Waals surface area (Å²) in [7, 11) is 0. The third-order valence-corrected chi connectivity index (χ3v) is 3.80. The van der Waals surface area contributed by atoms with Crippen molar-refractivity contribution in [3.8, 4) is 0 Å². The number of fused-ring (bicyclic) bond motifs is 4. The first-order chi connectivity index (χ1) is 7.41. The maximum Gasteiger partial charge on any atom is 0.324 e. The van der Waals surface area contributed by atoms with E-state index in [1.54, 1.807) is 12.1 Å². The standard InChI is InChI=1S/C12H8F4/c1-2-10-8-6-4-3-5-7(8)9(10)11(13,14)12(10,15)16/h2-6,9H,1H2. The molecule has 1 aromatic rings. The van der Waals surface area contributed by atoms with Crippen LogP contribution in [0.1, 0.15) is 17.0 Å². The van der Waals surface area contributed by atoms with Crippen LogP contribution in [0.2, 0.25) is 0 Å². The molecule has 2 atom stereocenters. The van der Waals surface area contributed by atoms with Crippen molar-refractivity contribution in [3.63, 3.8) is 0 Å². The van der Waals surface area contributed by atoms with Crippen LogP contribution >= 0.6 is 0 Å². The zero-order chi connectivity index (χ0) is 11.8. The Hall–Kier alpha value is -1.32. The molecule has 3 rings (SSSR count). The second-order valence-electron chi connectivity index (χ2n) is 4.29. The summed E-state index contributed by atoms with van der Waals surface area (Å²) in [5.41, 5.74) is -1.25. The summed E-state index contributed by atoms with van der Waals surface area (Å²) >= 11 is 0. The molecule has 0 radical (unpaired) electrons. The lowest BCUT2D eigenvalue weighted by Gasteiger charge is -2.66. The van der Waals surface area contributed by atoms with Crippen molar-refractivity contribution >= 4 is 0 Å². The fourth-order valence-corrected chi connectivity index (χ4v) is 3.02. The summed E-state index contributed by atoms with van der Waals surface area (Å²) in [6.45, 7) is 3.30. The fraction of sp³-hybridized carbons (Fsp3) is 0.333. The highest BCUT2D eigenvalue weighted by Gasteiger charge is 2.90. The third kappa shape index (κ3) is 0.623. The lowest BCUT2D eigenvalue weighted by molar-refractivity contribution is -0.343. The van der Waals surface area contributed by atoms with Gasteiger partial charge in [-0.25, -0.2) is 0 Å². The summed E-state index contributed by atoms with van der Waals surface area (Å²) in [5.74, 6) is -9.40. The molecule has 0 aliphatic heterocycles. The highest BCUT2D eigenvalue weighted by Crippen LogP contribution is 2.78. The number of rotatable bonds is 1. The van der Waals surface area contributed by atoms with Crippen LogP contribution in [0, 0.1) is 0 Å². The Bertz CT molecular complexity index is 492. The van der Waals surface area contributed by atoms with Gasteiger partial charge in [-0.15, -0.1) is 6.58 Å². The Morgan fingerprint density at radius 1 is 1.12 bits per heavy atom. The molecule has 4 heteroatoms. The molecular formula is C12H8F4. The van der Waals surface area contributed by atoms with Crippen molar-refractivity contribution in [3.05, 3.63) is 48.0 Å². The Labute approximate surface area is 89.6 Å². The Balaban J connectivity index is 2.27. The van der Waals surface area contributed by atoms with E-state index in [0.717, 1.165) is 6.08 Å². The fourth-order valence-electron chi connectivity index (χ4n) is 3.02. The molecule has 0 amide bonds. The quantitative estimate of drug-likeness (QED) is 0.509. The summed E-state index contributed by atoms with van der Waals surface area (Å²) in [6, 6.07) is 6.10. The first-order valence-corrected chi connectivity index (χ1v) is 4.90. The van der Waals surface area contributed by atoms with Crippen LogP contribution < -0.4 is 0 Å². The van der Waals surface area contributed by atoms with E-state index < -0.39 is 23.2 Å². The van der Waals surface area contributed by atoms with Crippen LogP contribution in [-0.2, 0) is 5.41 Å². The summed E-state index contributed by atoms with van der Waals surface area (Å²) < 4.78 is 53.7.